The predicted octanol–water partition coefficient (Wildman–Crippen LogP) is 5.09. The quantitative estimate of drug-likeness (QED) is 0.553. The van der Waals surface area contributed by atoms with Crippen LogP contribution >= 0.6 is 0 Å². The first kappa shape index (κ1) is 22.1. The molecule has 1 amide bonds. The standard InChI is InChI=1S/C28H31N5O/c1-18-15-25(30-32(5)19(18)2)28-29-24-12-11-22(23-13-14-31(4)27(34)17-23)16-26(24)33(28)20(3)21-9-7-6-8-10-21/h6-12,15-16,20,23H,2,13-14,17H2,1,3-5H3/t20-,23?/m0/s1. The molecule has 0 N–H and O–H groups in total. The number of amides is 1. The van der Waals surface area contributed by atoms with Gasteiger partial charge in [0.25, 0.3) is 0 Å². The van der Waals surface area contributed by atoms with Crippen molar-refractivity contribution in [2.24, 2.45) is 5.10 Å². The summed E-state index contributed by atoms with van der Waals surface area (Å²) < 4.78 is 2.29. The first-order valence-electron chi connectivity index (χ1n) is 11.8. The Morgan fingerprint density at radius 2 is 1.88 bits per heavy atom. The molecule has 2 aliphatic rings. The topological polar surface area (TPSA) is 53.7 Å². The Bertz CT molecular complexity index is 1330. The Hall–Kier alpha value is -3.67. The van der Waals surface area contributed by atoms with Crippen molar-refractivity contribution in [2.75, 3.05) is 20.6 Å². The van der Waals surface area contributed by atoms with E-state index in [1.807, 2.05) is 30.1 Å². The summed E-state index contributed by atoms with van der Waals surface area (Å²) in [5.74, 6) is 1.28. The second-order valence-corrected chi connectivity index (χ2v) is 9.43. The zero-order valence-corrected chi connectivity index (χ0v) is 20.3. The summed E-state index contributed by atoms with van der Waals surface area (Å²) in [6.07, 6.45) is 3.59. The Balaban J connectivity index is 1.67. The van der Waals surface area contributed by atoms with Gasteiger partial charge in [0.05, 0.1) is 22.8 Å². The summed E-state index contributed by atoms with van der Waals surface area (Å²) in [6.45, 7) is 9.17. The lowest BCUT2D eigenvalue weighted by Gasteiger charge is -2.29. The summed E-state index contributed by atoms with van der Waals surface area (Å²) in [5, 5.41) is 6.60. The van der Waals surface area contributed by atoms with Crippen LogP contribution in [0.15, 0.2) is 77.6 Å². The van der Waals surface area contributed by atoms with E-state index in [9.17, 15) is 4.79 Å². The lowest BCUT2D eigenvalue weighted by Crippen LogP contribution is -2.34. The number of hydrazone groups is 1. The molecule has 2 aromatic carbocycles. The number of aromatic nitrogens is 2. The van der Waals surface area contributed by atoms with Crippen LogP contribution in [-0.2, 0) is 4.79 Å². The highest BCUT2D eigenvalue weighted by molar-refractivity contribution is 6.09. The molecule has 3 aromatic rings. The number of rotatable bonds is 4. The Morgan fingerprint density at radius 1 is 1.12 bits per heavy atom. The zero-order chi connectivity index (χ0) is 24.0. The third-order valence-corrected chi connectivity index (χ3v) is 7.20. The maximum atomic E-state index is 12.4. The van der Waals surface area contributed by atoms with Crippen LogP contribution in [-0.4, -0.2) is 51.7 Å². The molecule has 1 unspecified atom stereocenters. The van der Waals surface area contributed by atoms with Crippen molar-refractivity contribution in [3.63, 3.8) is 0 Å². The molecule has 6 heteroatoms. The van der Waals surface area contributed by atoms with Crippen LogP contribution < -0.4 is 0 Å². The molecular weight excluding hydrogens is 422 g/mol. The maximum absolute atomic E-state index is 12.4. The smallest absolute Gasteiger partial charge is 0.222 e. The second kappa shape index (κ2) is 8.60. The molecule has 0 bridgehead atoms. The molecule has 1 saturated heterocycles. The summed E-state index contributed by atoms with van der Waals surface area (Å²) in [4.78, 5) is 19.2. The van der Waals surface area contributed by atoms with Gasteiger partial charge in [0.2, 0.25) is 5.91 Å². The van der Waals surface area contributed by atoms with Gasteiger partial charge < -0.3 is 9.47 Å². The van der Waals surface area contributed by atoms with Crippen LogP contribution in [0.2, 0.25) is 0 Å². The van der Waals surface area contributed by atoms with Gasteiger partial charge in [0.15, 0.2) is 5.82 Å². The normalized spacial score (nSPS) is 19.9. The molecule has 34 heavy (non-hydrogen) atoms. The summed E-state index contributed by atoms with van der Waals surface area (Å²) in [6, 6.07) is 17.0. The number of likely N-dealkylation sites (N-methyl/N-ethyl adjacent to an activating group) is 1. The van der Waals surface area contributed by atoms with Crippen molar-refractivity contribution in [1.82, 2.24) is 19.5 Å². The number of piperidine rings is 1. The van der Waals surface area contributed by atoms with E-state index in [-0.39, 0.29) is 17.9 Å². The highest BCUT2D eigenvalue weighted by Crippen LogP contribution is 2.33. The van der Waals surface area contributed by atoms with E-state index in [0.717, 1.165) is 46.8 Å². The average molecular weight is 454 g/mol. The SMILES string of the molecule is C=C1C(C)=CC(c2nc3ccc(C4CCN(C)C(=O)C4)cc3n2[C@@H](C)c2ccccc2)=NN1C. The van der Waals surface area contributed by atoms with Crippen molar-refractivity contribution in [1.29, 1.82) is 0 Å². The van der Waals surface area contributed by atoms with Gasteiger partial charge in [-0.3, -0.25) is 9.80 Å². The number of likely N-dealkylation sites (tertiary alicyclic amines) is 1. The van der Waals surface area contributed by atoms with E-state index in [4.69, 9.17) is 10.1 Å². The van der Waals surface area contributed by atoms with E-state index < -0.39 is 0 Å². The first-order valence-corrected chi connectivity index (χ1v) is 11.8. The molecule has 0 saturated carbocycles. The van der Waals surface area contributed by atoms with E-state index in [1.165, 1.54) is 11.1 Å². The van der Waals surface area contributed by atoms with Gasteiger partial charge in [-0.25, -0.2) is 4.98 Å². The molecule has 5 rings (SSSR count). The highest BCUT2D eigenvalue weighted by Gasteiger charge is 2.27. The van der Waals surface area contributed by atoms with Crippen LogP contribution in [0, 0.1) is 0 Å². The fourth-order valence-electron chi connectivity index (χ4n) is 4.95. The van der Waals surface area contributed by atoms with Crippen molar-refractivity contribution < 1.29 is 4.79 Å². The second-order valence-electron chi connectivity index (χ2n) is 9.43. The number of benzene rings is 2. The van der Waals surface area contributed by atoms with E-state index in [2.05, 4.69) is 73.5 Å². The van der Waals surface area contributed by atoms with Gasteiger partial charge >= 0.3 is 0 Å². The Morgan fingerprint density at radius 3 is 2.59 bits per heavy atom. The summed E-state index contributed by atoms with van der Waals surface area (Å²) in [7, 11) is 3.80. The van der Waals surface area contributed by atoms with E-state index >= 15 is 0 Å². The van der Waals surface area contributed by atoms with Crippen LogP contribution in [0.25, 0.3) is 11.0 Å². The van der Waals surface area contributed by atoms with Gasteiger partial charge in [-0.2, -0.15) is 5.10 Å². The number of hydrogen-bond donors (Lipinski definition) is 0. The zero-order valence-electron chi connectivity index (χ0n) is 20.3. The molecule has 6 nitrogen and oxygen atoms in total. The number of nitrogens with zero attached hydrogens (tertiary/aromatic N) is 5. The highest BCUT2D eigenvalue weighted by atomic mass is 16.2. The molecule has 3 heterocycles. The molecule has 1 aromatic heterocycles. The van der Waals surface area contributed by atoms with Gasteiger partial charge in [0, 0.05) is 27.1 Å². The Kier molecular flexibility index (Phi) is 5.60. The van der Waals surface area contributed by atoms with Crippen LogP contribution in [0.4, 0.5) is 0 Å². The number of carbonyl (C=O) groups is 1. The third-order valence-electron chi connectivity index (χ3n) is 7.20. The molecule has 0 spiro atoms. The average Bonchev–Trinajstić information content (AvgIpc) is 3.22. The molecule has 174 valence electrons. The fourth-order valence-corrected chi connectivity index (χ4v) is 4.95. The van der Waals surface area contributed by atoms with E-state index in [0.29, 0.717) is 6.42 Å². The molecule has 0 aliphatic carbocycles. The molecular formula is C28H31N5O. The monoisotopic (exact) mass is 453 g/mol. The molecule has 2 aliphatic heterocycles. The van der Waals surface area contributed by atoms with Crippen LogP contribution in [0.3, 0.4) is 0 Å². The first-order chi connectivity index (χ1) is 16.3. The lowest BCUT2D eigenvalue weighted by atomic mass is 9.89. The minimum Gasteiger partial charge on any atom is -0.346 e. The molecule has 0 radical (unpaired) electrons. The molecule has 2 atom stereocenters. The predicted molar refractivity (Wildman–Crippen MR) is 137 cm³/mol. The van der Waals surface area contributed by atoms with Crippen LogP contribution in [0.1, 0.15) is 55.6 Å². The van der Waals surface area contributed by atoms with E-state index in [1.54, 1.807) is 0 Å². The maximum Gasteiger partial charge on any atom is 0.222 e. The van der Waals surface area contributed by atoms with Gasteiger partial charge in [-0.15, -0.1) is 0 Å². The Labute approximate surface area is 200 Å². The van der Waals surface area contributed by atoms with Gasteiger partial charge in [0.1, 0.15) is 5.71 Å². The minimum atomic E-state index is 0.0578. The summed E-state index contributed by atoms with van der Waals surface area (Å²) >= 11 is 0. The van der Waals surface area contributed by atoms with Crippen molar-refractivity contribution in [3.8, 4) is 0 Å². The van der Waals surface area contributed by atoms with Crippen LogP contribution in [0.5, 0.6) is 0 Å². The number of imidazole rings is 1. The van der Waals surface area contributed by atoms with Gasteiger partial charge in [-0.1, -0.05) is 43.0 Å². The number of allylic oxidation sites excluding steroid dienone is 2. The summed E-state index contributed by atoms with van der Waals surface area (Å²) in [5.41, 5.74) is 7.18. The minimum absolute atomic E-state index is 0.0578. The number of hydrogen-bond acceptors (Lipinski definition) is 4. The van der Waals surface area contributed by atoms with Gasteiger partial charge in [-0.05, 0) is 61.1 Å². The van der Waals surface area contributed by atoms with Crippen molar-refractivity contribution in [2.45, 2.75) is 38.6 Å². The largest absolute Gasteiger partial charge is 0.346 e. The lowest BCUT2D eigenvalue weighted by molar-refractivity contribution is -0.132. The van der Waals surface area contributed by atoms with Crippen molar-refractivity contribution in [3.05, 3.63) is 89.4 Å². The number of carbonyl (C=O) groups excluding carboxylic acids is 1. The molecule has 1 fully saturated rings. The fraction of sp³-hybridized carbons (Fsp3) is 0.321. The number of fused-ring (bicyclic) bond motifs is 1. The van der Waals surface area contributed by atoms with Crippen molar-refractivity contribution >= 4 is 22.7 Å². The third kappa shape index (κ3) is 3.83.